The highest BCUT2D eigenvalue weighted by molar-refractivity contribution is 7.81. The number of nitrogens with one attached hydrogen (secondary N) is 2. The van der Waals surface area contributed by atoms with Crippen molar-refractivity contribution in [2.24, 2.45) is 4.99 Å². The van der Waals surface area contributed by atoms with E-state index in [-0.39, 0.29) is 22.8 Å². The fourth-order valence-corrected chi connectivity index (χ4v) is 4.12. The van der Waals surface area contributed by atoms with Gasteiger partial charge in [0.25, 0.3) is 0 Å². The third-order valence-electron chi connectivity index (χ3n) is 3.88. The molecule has 3 N–H and O–H groups in total. The number of amides is 1. The molecule has 0 saturated carbocycles. The van der Waals surface area contributed by atoms with Crippen molar-refractivity contribution >= 4 is 56.7 Å². The molecule has 10 nitrogen and oxygen atoms in total. The van der Waals surface area contributed by atoms with E-state index in [2.05, 4.69) is 20.6 Å². The van der Waals surface area contributed by atoms with E-state index in [1.807, 2.05) is 0 Å². The van der Waals surface area contributed by atoms with Gasteiger partial charge in [-0.3, -0.25) is 18.3 Å². The first-order chi connectivity index (χ1) is 13.9. The Kier molecular flexibility index (Phi) is 6.51. The summed E-state index contributed by atoms with van der Waals surface area (Å²) in [6, 6.07) is 3.34. The van der Waals surface area contributed by atoms with Gasteiger partial charge in [-0.1, -0.05) is 0 Å². The summed E-state index contributed by atoms with van der Waals surface area (Å²) in [5, 5.41) is 14.4. The Bertz CT molecular complexity index is 996. The molecule has 1 aromatic carbocycles. The predicted octanol–water partition coefficient (Wildman–Crippen LogP) is 1.63. The molecule has 0 aliphatic carbocycles. The minimum absolute atomic E-state index is 0.104. The van der Waals surface area contributed by atoms with Gasteiger partial charge in [0.1, 0.15) is 10.8 Å². The van der Waals surface area contributed by atoms with Gasteiger partial charge in [0, 0.05) is 25.5 Å². The number of carboxylic acids is 1. The molecule has 29 heavy (non-hydrogen) atoms. The molecule has 2 heterocycles. The number of benzene rings is 1. The number of aromatic carboxylic acids is 1. The van der Waals surface area contributed by atoms with E-state index >= 15 is 0 Å². The van der Waals surface area contributed by atoms with Gasteiger partial charge in [-0.05, 0) is 12.1 Å². The molecular weight excluding hydrogens is 425 g/mol. The van der Waals surface area contributed by atoms with E-state index in [0.29, 0.717) is 17.3 Å². The second-order valence-corrected chi connectivity index (χ2v) is 7.42. The van der Waals surface area contributed by atoms with E-state index < -0.39 is 34.7 Å². The number of anilines is 3. The summed E-state index contributed by atoms with van der Waals surface area (Å²) in [5.74, 6) is -1.98. The van der Waals surface area contributed by atoms with Gasteiger partial charge >= 0.3 is 5.97 Å². The van der Waals surface area contributed by atoms with E-state index in [0.717, 1.165) is 29.8 Å². The summed E-state index contributed by atoms with van der Waals surface area (Å²) in [5.41, 5.74) is 0.442. The third kappa shape index (κ3) is 4.93. The van der Waals surface area contributed by atoms with Crippen LogP contribution in [0.4, 0.5) is 20.8 Å². The molecule has 1 aliphatic rings. The molecule has 0 radical (unpaired) electrons. The number of rotatable bonds is 8. The molecule has 154 valence electrons. The second kappa shape index (κ2) is 9.07. The zero-order valence-electron chi connectivity index (χ0n) is 14.8. The van der Waals surface area contributed by atoms with Crippen LogP contribution in [-0.4, -0.2) is 49.7 Å². The Morgan fingerprint density at radius 3 is 2.86 bits per heavy atom. The van der Waals surface area contributed by atoms with Crippen molar-refractivity contribution in [1.29, 1.82) is 0 Å². The molecule has 1 amide bonds. The molecule has 0 fully saturated rings. The Morgan fingerprint density at radius 2 is 2.24 bits per heavy atom. The zero-order chi connectivity index (χ0) is 21.0. The standard InChI is InChI=1S/C16H16FN5O5S2/c17-10-7-9(22(29(26)27)15-14(16(24)25)20-8-28-15)1-2-11(10)21-13(23)4-3-12-18-5-6-19-12/h1-2,7-8H,3-6H2,(H,18,19)(H,21,23)(H,24,25)(H,26,27)/p-1. The van der Waals surface area contributed by atoms with Crippen molar-refractivity contribution < 1.29 is 27.8 Å². The van der Waals surface area contributed by atoms with Crippen LogP contribution in [0.5, 0.6) is 0 Å². The van der Waals surface area contributed by atoms with Gasteiger partial charge in [-0.2, -0.15) is 0 Å². The lowest BCUT2D eigenvalue weighted by Gasteiger charge is -2.25. The highest BCUT2D eigenvalue weighted by Crippen LogP contribution is 2.34. The van der Waals surface area contributed by atoms with Crippen LogP contribution in [0.2, 0.25) is 0 Å². The van der Waals surface area contributed by atoms with Crippen LogP contribution in [0.1, 0.15) is 23.3 Å². The number of aromatic nitrogens is 1. The van der Waals surface area contributed by atoms with Gasteiger partial charge in [0.15, 0.2) is 5.69 Å². The van der Waals surface area contributed by atoms with Crippen molar-refractivity contribution in [1.82, 2.24) is 10.3 Å². The molecule has 0 spiro atoms. The number of carbonyl (C=O) groups excluding carboxylic acids is 1. The second-order valence-electron chi connectivity index (χ2n) is 5.79. The first-order valence-electron chi connectivity index (χ1n) is 8.29. The number of nitrogens with zero attached hydrogens (tertiary/aromatic N) is 3. The molecule has 3 rings (SSSR count). The zero-order valence-corrected chi connectivity index (χ0v) is 16.4. The molecule has 1 unspecified atom stereocenters. The predicted molar refractivity (Wildman–Crippen MR) is 105 cm³/mol. The maximum absolute atomic E-state index is 14.5. The number of aliphatic imine (C=N–C) groups is 1. The molecule has 0 saturated heterocycles. The van der Waals surface area contributed by atoms with E-state index in [1.165, 1.54) is 17.6 Å². The third-order valence-corrected chi connectivity index (χ3v) is 5.50. The van der Waals surface area contributed by atoms with Crippen molar-refractivity contribution in [2.75, 3.05) is 22.7 Å². The first kappa shape index (κ1) is 20.8. The molecule has 1 atom stereocenters. The van der Waals surface area contributed by atoms with Crippen molar-refractivity contribution in [3.63, 3.8) is 0 Å². The van der Waals surface area contributed by atoms with E-state index in [1.54, 1.807) is 0 Å². The number of thiazole rings is 1. The molecule has 0 bridgehead atoms. The number of amidine groups is 1. The lowest BCUT2D eigenvalue weighted by molar-refractivity contribution is -0.116. The summed E-state index contributed by atoms with van der Waals surface area (Å²) in [6.07, 6.45) is 0.504. The topological polar surface area (TPSA) is 147 Å². The number of halogens is 1. The number of hydrogen-bond acceptors (Lipinski definition) is 8. The maximum atomic E-state index is 14.5. The highest BCUT2D eigenvalue weighted by Gasteiger charge is 2.23. The lowest BCUT2D eigenvalue weighted by Crippen LogP contribution is -2.22. The van der Waals surface area contributed by atoms with Gasteiger partial charge in [0.2, 0.25) is 5.91 Å². The SMILES string of the molecule is O=C(CCC1=NCCN1)Nc1ccc(N(c2scnc2C(=O)O)S(=O)[O-])cc1F. The van der Waals surface area contributed by atoms with Crippen molar-refractivity contribution in [3.8, 4) is 0 Å². The minimum atomic E-state index is -2.92. The fraction of sp³-hybridized carbons (Fsp3) is 0.250. The van der Waals surface area contributed by atoms with Crippen LogP contribution < -0.4 is 14.9 Å². The molecule has 13 heteroatoms. The summed E-state index contributed by atoms with van der Waals surface area (Å²) in [7, 11) is 0. The molecule has 1 aliphatic heterocycles. The normalized spacial score (nSPS) is 14.1. The lowest BCUT2D eigenvalue weighted by atomic mass is 10.2. The van der Waals surface area contributed by atoms with Crippen molar-refractivity contribution in [2.45, 2.75) is 12.8 Å². The Hall–Kier alpha value is -2.90. The smallest absolute Gasteiger partial charge is 0.357 e. The van der Waals surface area contributed by atoms with Crippen LogP contribution in [0.15, 0.2) is 28.7 Å². The Balaban J connectivity index is 1.76. The summed E-state index contributed by atoms with van der Waals surface area (Å²) >= 11 is -2.14. The maximum Gasteiger partial charge on any atom is 0.357 e. The Labute approximate surface area is 170 Å². The number of carbonyl (C=O) groups is 2. The Morgan fingerprint density at radius 1 is 1.45 bits per heavy atom. The average Bonchev–Trinajstić information content (AvgIpc) is 3.34. The van der Waals surface area contributed by atoms with Gasteiger partial charge in [-0.15, -0.1) is 11.3 Å². The average molecular weight is 440 g/mol. The quantitative estimate of drug-likeness (QED) is 0.529. The number of hydrogen-bond donors (Lipinski definition) is 3. The largest absolute Gasteiger partial charge is 0.755 e. The summed E-state index contributed by atoms with van der Waals surface area (Å²) < 4.78 is 38.4. The monoisotopic (exact) mass is 440 g/mol. The molecular formula is C16H15FN5O5S2-. The van der Waals surface area contributed by atoms with Crippen LogP contribution in [0, 0.1) is 5.82 Å². The van der Waals surface area contributed by atoms with E-state index in [9.17, 15) is 22.7 Å². The summed E-state index contributed by atoms with van der Waals surface area (Å²) in [6.45, 7) is 1.39. The van der Waals surface area contributed by atoms with Gasteiger partial charge in [0.05, 0.1) is 40.5 Å². The molecule has 2 aromatic rings. The first-order valence-corrected chi connectivity index (χ1v) is 10.2. The fourth-order valence-electron chi connectivity index (χ4n) is 2.59. The highest BCUT2D eigenvalue weighted by atomic mass is 32.2. The van der Waals surface area contributed by atoms with E-state index in [4.69, 9.17) is 5.11 Å². The van der Waals surface area contributed by atoms with Gasteiger partial charge in [-0.25, -0.2) is 14.2 Å². The summed E-state index contributed by atoms with van der Waals surface area (Å²) in [4.78, 5) is 31.0. The van der Waals surface area contributed by atoms with Crippen LogP contribution >= 0.6 is 11.3 Å². The van der Waals surface area contributed by atoms with Crippen LogP contribution in [0.3, 0.4) is 0 Å². The minimum Gasteiger partial charge on any atom is -0.755 e. The van der Waals surface area contributed by atoms with Gasteiger partial charge < -0.3 is 20.3 Å². The van der Waals surface area contributed by atoms with Crippen LogP contribution in [-0.2, 0) is 16.1 Å². The molecule has 1 aromatic heterocycles. The van der Waals surface area contributed by atoms with Crippen molar-refractivity contribution in [3.05, 3.63) is 35.2 Å². The van der Waals surface area contributed by atoms with Crippen LogP contribution in [0.25, 0.3) is 0 Å². The number of carboxylic acid groups (broad SMARTS) is 1.